The number of carbonyl (C=O) groups excluding carboxylic acids is 1. The van der Waals surface area contributed by atoms with Crippen LogP contribution in [0.15, 0.2) is 18.2 Å². The lowest BCUT2D eigenvalue weighted by molar-refractivity contribution is -0.121. The summed E-state index contributed by atoms with van der Waals surface area (Å²) in [6.07, 6.45) is 1.60. The van der Waals surface area contributed by atoms with Crippen LogP contribution < -0.4 is 16.0 Å². The molecule has 0 saturated heterocycles. The summed E-state index contributed by atoms with van der Waals surface area (Å²) in [5.41, 5.74) is 2.03. The highest BCUT2D eigenvalue weighted by atomic mass is 35.5. The van der Waals surface area contributed by atoms with Crippen molar-refractivity contribution in [2.75, 3.05) is 6.61 Å². The molecule has 0 aliphatic heterocycles. The first-order chi connectivity index (χ1) is 8.15. The first kappa shape index (κ1) is 13.7. The molecule has 0 spiro atoms. The molecule has 6 heteroatoms. The van der Waals surface area contributed by atoms with Crippen molar-refractivity contribution in [1.82, 2.24) is 5.43 Å². The minimum absolute atomic E-state index is 0.0324. The van der Waals surface area contributed by atoms with E-state index in [1.54, 1.807) is 6.07 Å². The van der Waals surface area contributed by atoms with Crippen LogP contribution in [0.3, 0.4) is 0 Å². The molecule has 0 radical (unpaired) electrons. The number of nitrogens with one attached hydrogen (secondary N) is 1. The maximum absolute atomic E-state index is 13.4. The second-order valence-electron chi connectivity index (χ2n) is 3.43. The lowest BCUT2D eigenvalue weighted by atomic mass is 10.2. The molecule has 0 aliphatic rings. The van der Waals surface area contributed by atoms with Gasteiger partial charge >= 0.3 is 0 Å². The molecule has 0 heterocycles. The fourth-order valence-electron chi connectivity index (χ4n) is 1.24. The molecule has 0 atom stereocenters. The Morgan fingerprint density at radius 2 is 2.24 bits per heavy atom. The number of carbonyl (C=O) groups is 1. The minimum atomic E-state index is -0.561. The maximum Gasteiger partial charge on any atom is 0.233 e. The molecule has 0 fully saturated rings. The van der Waals surface area contributed by atoms with Crippen molar-refractivity contribution in [3.05, 3.63) is 29.0 Å². The zero-order valence-electron chi connectivity index (χ0n) is 9.21. The van der Waals surface area contributed by atoms with Crippen LogP contribution in [-0.2, 0) is 4.79 Å². The average Bonchev–Trinajstić information content (AvgIpc) is 2.33. The molecule has 0 bridgehead atoms. The predicted molar refractivity (Wildman–Crippen MR) is 63.1 cm³/mol. The fourth-order valence-corrected chi connectivity index (χ4v) is 1.40. The molecule has 0 saturated carbocycles. The number of unbranched alkanes of at least 4 members (excludes halogenated alkanes) is 1. The van der Waals surface area contributed by atoms with Crippen LogP contribution in [0.5, 0.6) is 5.75 Å². The lowest BCUT2D eigenvalue weighted by Crippen LogP contribution is -2.29. The number of amides is 1. The minimum Gasteiger partial charge on any atom is -0.490 e. The number of rotatable bonds is 6. The summed E-state index contributed by atoms with van der Waals surface area (Å²) in [4.78, 5) is 10.8. The van der Waals surface area contributed by atoms with E-state index in [-0.39, 0.29) is 16.7 Å². The Morgan fingerprint density at radius 3 is 2.94 bits per heavy atom. The molecular formula is C11H14ClFN2O2. The molecule has 1 amide bonds. The Morgan fingerprint density at radius 1 is 1.47 bits per heavy atom. The summed E-state index contributed by atoms with van der Waals surface area (Å²) in [5.74, 6) is 4.26. The summed E-state index contributed by atoms with van der Waals surface area (Å²) in [6.45, 7) is 0.328. The number of hydrogen-bond donors (Lipinski definition) is 2. The number of hydrazine groups is 1. The molecule has 4 nitrogen and oxygen atoms in total. The third kappa shape index (κ3) is 4.58. The van der Waals surface area contributed by atoms with Gasteiger partial charge in [0.05, 0.1) is 11.6 Å². The zero-order chi connectivity index (χ0) is 12.7. The van der Waals surface area contributed by atoms with E-state index in [4.69, 9.17) is 22.2 Å². The topological polar surface area (TPSA) is 64.3 Å². The van der Waals surface area contributed by atoms with E-state index in [0.29, 0.717) is 25.9 Å². The van der Waals surface area contributed by atoms with E-state index in [1.807, 2.05) is 5.43 Å². The summed E-state index contributed by atoms with van der Waals surface area (Å²) < 4.78 is 18.6. The maximum atomic E-state index is 13.4. The van der Waals surface area contributed by atoms with Gasteiger partial charge in [-0.2, -0.15) is 0 Å². The van der Waals surface area contributed by atoms with Crippen molar-refractivity contribution in [2.24, 2.45) is 5.84 Å². The summed E-state index contributed by atoms with van der Waals surface area (Å²) >= 11 is 5.59. The van der Waals surface area contributed by atoms with Crippen LogP contribution in [0.1, 0.15) is 19.3 Å². The van der Waals surface area contributed by atoms with Gasteiger partial charge in [0.15, 0.2) is 11.6 Å². The van der Waals surface area contributed by atoms with Gasteiger partial charge in [-0.1, -0.05) is 17.7 Å². The third-order valence-corrected chi connectivity index (χ3v) is 2.42. The highest BCUT2D eigenvalue weighted by molar-refractivity contribution is 6.30. The third-order valence-electron chi connectivity index (χ3n) is 2.13. The average molecular weight is 261 g/mol. The van der Waals surface area contributed by atoms with Gasteiger partial charge in [0.1, 0.15) is 0 Å². The van der Waals surface area contributed by atoms with E-state index < -0.39 is 5.82 Å². The number of benzene rings is 1. The van der Waals surface area contributed by atoms with Crippen molar-refractivity contribution in [3.63, 3.8) is 0 Å². The van der Waals surface area contributed by atoms with E-state index >= 15 is 0 Å². The van der Waals surface area contributed by atoms with Crippen molar-refractivity contribution >= 4 is 17.5 Å². The molecule has 0 aliphatic carbocycles. The number of halogens is 2. The molecule has 1 aromatic rings. The fraction of sp³-hybridized carbons (Fsp3) is 0.364. The molecule has 1 aromatic carbocycles. The summed E-state index contributed by atoms with van der Waals surface area (Å²) in [7, 11) is 0. The quantitative estimate of drug-likeness (QED) is 0.356. The Kier molecular flexibility index (Phi) is 5.72. The molecule has 0 unspecified atom stereocenters. The van der Waals surface area contributed by atoms with Crippen LogP contribution in [0.25, 0.3) is 0 Å². The van der Waals surface area contributed by atoms with Crippen LogP contribution in [0.2, 0.25) is 5.02 Å². The molecule has 94 valence electrons. The number of nitrogens with two attached hydrogens (primary N) is 1. The van der Waals surface area contributed by atoms with Crippen molar-refractivity contribution in [1.29, 1.82) is 0 Å². The lowest BCUT2D eigenvalue weighted by Gasteiger charge is -2.07. The van der Waals surface area contributed by atoms with Gasteiger partial charge in [-0.3, -0.25) is 10.2 Å². The van der Waals surface area contributed by atoms with E-state index in [0.717, 1.165) is 0 Å². The van der Waals surface area contributed by atoms with Crippen LogP contribution in [0.4, 0.5) is 4.39 Å². The monoisotopic (exact) mass is 260 g/mol. The Balaban J connectivity index is 2.27. The molecule has 0 aromatic heterocycles. The molecular weight excluding hydrogens is 247 g/mol. The Bertz CT molecular complexity index is 388. The highest BCUT2D eigenvalue weighted by Crippen LogP contribution is 2.24. The van der Waals surface area contributed by atoms with E-state index in [9.17, 15) is 9.18 Å². The van der Waals surface area contributed by atoms with Gasteiger partial charge in [0.2, 0.25) is 5.91 Å². The van der Waals surface area contributed by atoms with Crippen LogP contribution in [0, 0.1) is 5.82 Å². The number of hydrogen-bond acceptors (Lipinski definition) is 3. The SMILES string of the molecule is NNC(=O)CCCCOc1cccc(Cl)c1F. The summed E-state index contributed by atoms with van der Waals surface area (Å²) in [6, 6.07) is 4.58. The standard InChI is InChI=1S/C11H14ClFN2O2/c12-8-4-3-5-9(11(8)13)17-7-2-1-6-10(16)15-14/h3-5H,1-2,6-7,14H2,(H,15,16). The number of ether oxygens (including phenoxy) is 1. The van der Waals surface area contributed by atoms with Crippen molar-refractivity contribution in [2.45, 2.75) is 19.3 Å². The Hall–Kier alpha value is -1.33. The Labute approximate surface area is 104 Å². The van der Waals surface area contributed by atoms with Gasteiger partial charge in [-0.25, -0.2) is 10.2 Å². The second kappa shape index (κ2) is 7.09. The van der Waals surface area contributed by atoms with Gasteiger partial charge in [0, 0.05) is 6.42 Å². The van der Waals surface area contributed by atoms with Crippen molar-refractivity contribution < 1.29 is 13.9 Å². The molecule has 3 N–H and O–H groups in total. The normalized spacial score (nSPS) is 10.1. The second-order valence-corrected chi connectivity index (χ2v) is 3.83. The smallest absolute Gasteiger partial charge is 0.233 e. The zero-order valence-corrected chi connectivity index (χ0v) is 9.97. The molecule has 1 rings (SSSR count). The predicted octanol–water partition coefficient (Wildman–Crippen LogP) is 2.02. The first-order valence-electron chi connectivity index (χ1n) is 5.21. The van der Waals surface area contributed by atoms with Gasteiger partial charge < -0.3 is 4.74 Å². The van der Waals surface area contributed by atoms with Gasteiger partial charge in [-0.15, -0.1) is 0 Å². The molecule has 17 heavy (non-hydrogen) atoms. The summed E-state index contributed by atoms with van der Waals surface area (Å²) in [5, 5.41) is 0.0324. The van der Waals surface area contributed by atoms with Crippen molar-refractivity contribution in [3.8, 4) is 5.75 Å². The van der Waals surface area contributed by atoms with Gasteiger partial charge in [0.25, 0.3) is 0 Å². The van der Waals surface area contributed by atoms with Gasteiger partial charge in [-0.05, 0) is 25.0 Å². The largest absolute Gasteiger partial charge is 0.490 e. The van der Waals surface area contributed by atoms with E-state index in [1.165, 1.54) is 12.1 Å². The van der Waals surface area contributed by atoms with Crippen LogP contribution >= 0.6 is 11.6 Å². The van der Waals surface area contributed by atoms with E-state index in [2.05, 4.69) is 0 Å². The highest BCUT2D eigenvalue weighted by Gasteiger charge is 2.06. The first-order valence-corrected chi connectivity index (χ1v) is 5.59. The van der Waals surface area contributed by atoms with Crippen LogP contribution in [-0.4, -0.2) is 12.5 Å².